The van der Waals surface area contributed by atoms with Crippen molar-refractivity contribution in [2.75, 3.05) is 38.7 Å². The molecule has 0 spiro atoms. The summed E-state index contributed by atoms with van der Waals surface area (Å²) in [6, 6.07) is 14.7. The van der Waals surface area contributed by atoms with Crippen molar-refractivity contribution in [3.05, 3.63) is 83.4 Å². The summed E-state index contributed by atoms with van der Waals surface area (Å²) in [4.78, 5) is 17.8. The summed E-state index contributed by atoms with van der Waals surface area (Å²) in [5.41, 5.74) is 4.61. The third-order valence-corrected chi connectivity index (χ3v) is 5.08. The topological polar surface area (TPSA) is 54.4 Å². The Bertz CT molecular complexity index is 897. The molecule has 1 aliphatic rings. The maximum absolute atomic E-state index is 6.00. The highest BCUT2D eigenvalue weighted by Crippen LogP contribution is 2.22. The Morgan fingerprint density at radius 1 is 0.931 bits per heavy atom. The van der Waals surface area contributed by atoms with Gasteiger partial charge in [-0.25, -0.2) is 9.97 Å². The smallest absolute Gasteiger partial charge is 0.224 e. The lowest BCUT2D eigenvalue weighted by atomic mass is 10.1. The lowest BCUT2D eigenvalue weighted by Gasteiger charge is -2.32. The summed E-state index contributed by atoms with van der Waals surface area (Å²) in [7, 11) is 3.89. The second-order valence-electron chi connectivity index (χ2n) is 7.63. The molecule has 3 aromatic rings. The van der Waals surface area contributed by atoms with E-state index in [0.717, 1.165) is 43.3 Å². The van der Waals surface area contributed by atoms with Crippen molar-refractivity contribution in [1.29, 1.82) is 0 Å². The molecule has 0 saturated carbocycles. The van der Waals surface area contributed by atoms with Gasteiger partial charge in [-0.2, -0.15) is 0 Å². The van der Waals surface area contributed by atoms with Crippen LogP contribution in [0.4, 0.5) is 5.95 Å². The minimum atomic E-state index is -0.00325. The van der Waals surface area contributed by atoms with Crippen molar-refractivity contribution in [2.24, 2.45) is 0 Å². The molecule has 1 aliphatic heterocycles. The molecule has 6 heteroatoms. The van der Waals surface area contributed by atoms with Gasteiger partial charge in [0.15, 0.2) is 0 Å². The summed E-state index contributed by atoms with van der Waals surface area (Å²) in [5.74, 6) is 0.730. The van der Waals surface area contributed by atoms with Crippen LogP contribution in [-0.2, 0) is 17.7 Å². The highest BCUT2D eigenvalue weighted by molar-refractivity contribution is 5.27. The van der Waals surface area contributed by atoms with E-state index in [1.807, 2.05) is 43.7 Å². The average Bonchev–Trinajstić information content (AvgIpc) is 2.76. The normalized spacial score (nSPS) is 17.2. The molecule has 6 nitrogen and oxygen atoms in total. The van der Waals surface area contributed by atoms with Crippen LogP contribution in [0.5, 0.6) is 0 Å². The van der Waals surface area contributed by atoms with Crippen LogP contribution in [0.3, 0.4) is 0 Å². The van der Waals surface area contributed by atoms with Crippen molar-refractivity contribution < 1.29 is 4.74 Å². The Hall–Kier alpha value is -2.83. The van der Waals surface area contributed by atoms with Crippen molar-refractivity contribution in [1.82, 2.24) is 19.9 Å². The molecule has 0 amide bonds. The lowest BCUT2D eigenvalue weighted by molar-refractivity contribution is -0.0350. The standard InChI is InChI=1S/C23H27N5O/c1-27(2)23-25-14-20(15-26-23)16-28-10-11-29-22(17-28)21-9-8-19(13-24-21)12-18-6-4-3-5-7-18/h3-9,13-15,22H,10-12,16-17H2,1-2H3. The van der Waals surface area contributed by atoms with E-state index in [-0.39, 0.29) is 6.10 Å². The Morgan fingerprint density at radius 3 is 2.38 bits per heavy atom. The van der Waals surface area contributed by atoms with E-state index < -0.39 is 0 Å². The van der Waals surface area contributed by atoms with Gasteiger partial charge < -0.3 is 9.64 Å². The van der Waals surface area contributed by atoms with E-state index >= 15 is 0 Å². The molecule has 1 unspecified atom stereocenters. The van der Waals surface area contributed by atoms with Crippen molar-refractivity contribution in [2.45, 2.75) is 19.1 Å². The van der Waals surface area contributed by atoms with Gasteiger partial charge in [0.05, 0.1) is 12.3 Å². The molecule has 29 heavy (non-hydrogen) atoms. The van der Waals surface area contributed by atoms with E-state index in [4.69, 9.17) is 4.74 Å². The first-order valence-corrected chi connectivity index (χ1v) is 9.98. The molecule has 1 atom stereocenters. The van der Waals surface area contributed by atoms with Gasteiger partial charge in [0.25, 0.3) is 0 Å². The number of rotatable bonds is 6. The van der Waals surface area contributed by atoms with Gasteiger partial charge in [-0.05, 0) is 23.6 Å². The summed E-state index contributed by atoms with van der Waals surface area (Å²) in [6.45, 7) is 3.24. The minimum absolute atomic E-state index is 0.00325. The maximum Gasteiger partial charge on any atom is 0.224 e. The number of hydrogen-bond donors (Lipinski definition) is 0. The third-order valence-electron chi connectivity index (χ3n) is 5.08. The second kappa shape index (κ2) is 9.11. The summed E-state index contributed by atoms with van der Waals surface area (Å²) < 4.78 is 6.00. The second-order valence-corrected chi connectivity index (χ2v) is 7.63. The molecule has 4 rings (SSSR count). The van der Waals surface area contributed by atoms with Gasteiger partial charge in [-0.1, -0.05) is 36.4 Å². The highest BCUT2D eigenvalue weighted by Gasteiger charge is 2.23. The zero-order valence-electron chi connectivity index (χ0n) is 17.0. The Kier molecular flexibility index (Phi) is 6.12. The van der Waals surface area contributed by atoms with Gasteiger partial charge in [-0.3, -0.25) is 9.88 Å². The molecule has 1 fully saturated rings. The van der Waals surface area contributed by atoms with Crippen LogP contribution in [0.15, 0.2) is 61.1 Å². The van der Waals surface area contributed by atoms with E-state index in [1.165, 1.54) is 11.1 Å². The van der Waals surface area contributed by atoms with Crippen molar-refractivity contribution in [3.8, 4) is 0 Å². The van der Waals surface area contributed by atoms with Gasteiger partial charge in [0, 0.05) is 57.9 Å². The van der Waals surface area contributed by atoms with Crippen LogP contribution in [0.25, 0.3) is 0 Å². The molecular weight excluding hydrogens is 362 g/mol. The van der Waals surface area contributed by atoms with Gasteiger partial charge in [0.2, 0.25) is 5.95 Å². The first-order chi connectivity index (χ1) is 14.2. The molecular formula is C23H27N5O. The van der Waals surface area contributed by atoms with Crippen molar-refractivity contribution >= 4 is 5.95 Å². The van der Waals surface area contributed by atoms with E-state index in [0.29, 0.717) is 6.61 Å². The highest BCUT2D eigenvalue weighted by atomic mass is 16.5. The predicted molar refractivity (Wildman–Crippen MR) is 114 cm³/mol. The third kappa shape index (κ3) is 5.16. The minimum Gasteiger partial charge on any atom is -0.369 e. The summed E-state index contributed by atoms with van der Waals surface area (Å²) in [5, 5.41) is 0. The van der Waals surface area contributed by atoms with Crippen LogP contribution in [-0.4, -0.2) is 53.6 Å². The van der Waals surface area contributed by atoms with E-state index in [2.05, 4.69) is 56.3 Å². The number of aromatic nitrogens is 3. The Labute approximate surface area is 172 Å². The SMILES string of the molecule is CN(C)c1ncc(CN2CCOC(c3ccc(Cc4ccccc4)cn3)C2)cn1. The van der Waals surface area contributed by atoms with Crippen LogP contribution in [0.1, 0.15) is 28.5 Å². The number of benzene rings is 1. The molecule has 150 valence electrons. The summed E-state index contributed by atoms with van der Waals surface area (Å²) in [6.07, 6.45) is 6.68. The number of pyridine rings is 1. The molecule has 1 aromatic carbocycles. The molecule has 3 heterocycles. The maximum atomic E-state index is 6.00. The molecule has 0 N–H and O–H groups in total. The number of hydrogen-bond acceptors (Lipinski definition) is 6. The average molecular weight is 390 g/mol. The fraction of sp³-hybridized carbons (Fsp3) is 0.348. The fourth-order valence-corrected chi connectivity index (χ4v) is 3.51. The number of nitrogens with zero attached hydrogens (tertiary/aromatic N) is 5. The first-order valence-electron chi connectivity index (χ1n) is 9.98. The lowest BCUT2D eigenvalue weighted by Crippen LogP contribution is -2.38. The Morgan fingerprint density at radius 2 is 1.69 bits per heavy atom. The van der Waals surface area contributed by atoms with Gasteiger partial charge in [-0.15, -0.1) is 0 Å². The first kappa shape index (κ1) is 19.5. The van der Waals surface area contributed by atoms with E-state index in [1.54, 1.807) is 0 Å². The van der Waals surface area contributed by atoms with Crippen molar-refractivity contribution in [3.63, 3.8) is 0 Å². The summed E-state index contributed by atoms with van der Waals surface area (Å²) >= 11 is 0. The van der Waals surface area contributed by atoms with Crippen LogP contribution < -0.4 is 4.90 Å². The quantitative estimate of drug-likeness (QED) is 0.646. The monoisotopic (exact) mass is 389 g/mol. The number of morpholine rings is 1. The van der Waals surface area contributed by atoms with Gasteiger partial charge in [0.1, 0.15) is 6.10 Å². The zero-order valence-corrected chi connectivity index (χ0v) is 17.0. The van der Waals surface area contributed by atoms with Crippen LogP contribution in [0.2, 0.25) is 0 Å². The molecule has 0 radical (unpaired) electrons. The fourth-order valence-electron chi connectivity index (χ4n) is 3.51. The molecule has 2 aromatic heterocycles. The zero-order chi connectivity index (χ0) is 20.1. The number of anilines is 1. The number of ether oxygens (including phenoxy) is 1. The molecule has 0 aliphatic carbocycles. The van der Waals surface area contributed by atoms with Crippen LogP contribution >= 0.6 is 0 Å². The largest absolute Gasteiger partial charge is 0.369 e. The van der Waals surface area contributed by atoms with Crippen LogP contribution in [0, 0.1) is 0 Å². The Balaban J connectivity index is 1.36. The molecule has 1 saturated heterocycles. The molecule has 0 bridgehead atoms. The van der Waals surface area contributed by atoms with E-state index in [9.17, 15) is 0 Å². The predicted octanol–water partition coefficient (Wildman–Crippen LogP) is 3.10. The van der Waals surface area contributed by atoms with Gasteiger partial charge >= 0.3 is 0 Å².